The second-order valence-corrected chi connectivity index (χ2v) is 4.60. The molecule has 3 N–H and O–H groups in total. The van der Waals surface area contributed by atoms with Gasteiger partial charge in [-0.1, -0.05) is 11.3 Å². The van der Waals surface area contributed by atoms with E-state index in [-0.39, 0.29) is 11.3 Å². The lowest BCUT2D eigenvalue weighted by Crippen LogP contribution is -2.31. The molecule has 0 saturated heterocycles. The number of nitrogen functional groups attached to an aromatic ring is 1. The van der Waals surface area contributed by atoms with Crippen LogP contribution >= 0.6 is 11.9 Å². The predicted molar refractivity (Wildman–Crippen MR) is 69.4 cm³/mol. The summed E-state index contributed by atoms with van der Waals surface area (Å²) in [5, 5.41) is 7.47. The summed E-state index contributed by atoms with van der Waals surface area (Å²) in [6, 6.07) is 4.96. The molecule has 0 unspecified atom stereocenters. The van der Waals surface area contributed by atoms with Crippen LogP contribution in [0.4, 0.5) is 0 Å². The maximum absolute atomic E-state index is 11.8. The molecule has 8 heteroatoms. The first-order valence-corrected chi connectivity index (χ1v) is 6.10. The molecule has 19 heavy (non-hydrogen) atoms. The molecular weight excluding hydrogens is 266 g/mol. The quantitative estimate of drug-likeness (QED) is 0.368. The Bertz CT molecular complexity index is 612. The molecule has 0 fully saturated rings. The van der Waals surface area contributed by atoms with Gasteiger partial charge in [-0.05, 0) is 19.1 Å². The van der Waals surface area contributed by atoms with Gasteiger partial charge in [-0.25, -0.2) is 5.84 Å². The van der Waals surface area contributed by atoms with E-state index in [1.807, 2.05) is 5.43 Å². The van der Waals surface area contributed by atoms with Gasteiger partial charge in [-0.15, -0.1) is 5.10 Å². The fraction of sp³-hybridized carbons (Fsp3) is 0.0909. The second kappa shape index (κ2) is 5.63. The number of aromatic nitrogens is 3. The molecule has 98 valence electrons. The number of hydrogen-bond acceptors (Lipinski definition) is 6. The van der Waals surface area contributed by atoms with Crippen molar-refractivity contribution in [3.63, 3.8) is 0 Å². The lowest BCUT2D eigenvalue weighted by molar-refractivity contribution is 0.0937. The third-order valence-electron chi connectivity index (χ3n) is 2.35. The molecule has 0 saturated carbocycles. The second-order valence-electron chi connectivity index (χ2n) is 3.61. The fourth-order valence-electron chi connectivity index (χ4n) is 1.58. The van der Waals surface area contributed by atoms with Crippen LogP contribution in [0.15, 0.2) is 35.5 Å². The molecule has 0 bridgehead atoms. The molecule has 1 aromatic heterocycles. The smallest absolute Gasteiger partial charge is 0.265 e. The number of benzene rings is 1. The summed E-state index contributed by atoms with van der Waals surface area (Å²) in [5.41, 5.74) is 2.57. The minimum atomic E-state index is -0.508. The number of nitrogens with two attached hydrogens (primary N) is 1. The monoisotopic (exact) mass is 277 g/mol. The van der Waals surface area contributed by atoms with Crippen LogP contribution in [0.3, 0.4) is 0 Å². The largest absolute Gasteiger partial charge is 0.294 e. The van der Waals surface area contributed by atoms with Crippen molar-refractivity contribution in [2.75, 3.05) is 0 Å². The van der Waals surface area contributed by atoms with Crippen LogP contribution in [0, 0.1) is 0 Å². The Morgan fingerprint density at radius 1 is 1.42 bits per heavy atom. The summed E-state index contributed by atoms with van der Waals surface area (Å²) < 4.78 is 1.49. The number of ketones is 1. The van der Waals surface area contributed by atoms with Gasteiger partial charge in [0.05, 0.1) is 18.0 Å². The summed E-state index contributed by atoms with van der Waals surface area (Å²) in [6.07, 6.45) is 3.17. The summed E-state index contributed by atoms with van der Waals surface area (Å²) in [4.78, 5) is 24.0. The Labute approximate surface area is 113 Å². The van der Waals surface area contributed by atoms with Crippen LogP contribution in [-0.2, 0) is 0 Å². The average Bonchev–Trinajstić information content (AvgIpc) is 2.90. The van der Waals surface area contributed by atoms with E-state index in [4.69, 9.17) is 5.84 Å². The highest BCUT2D eigenvalue weighted by atomic mass is 32.2. The topological polar surface area (TPSA) is 103 Å². The van der Waals surface area contributed by atoms with E-state index in [9.17, 15) is 9.59 Å². The fourth-order valence-corrected chi connectivity index (χ4v) is 2.46. The van der Waals surface area contributed by atoms with Crippen LogP contribution in [-0.4, -0.2) is 26.1 Å². The molecule has 1 heterocycles. The predicted octanol–water partition coefficient (Wildman–Crippen LogP) is 0.640. The molecule has 0 aliphatic heterocycles. The Balaban J connectivity index is 2.48. The number of hydrazine groups is 1. The lowest BCUT2D eigenvalue weighted by atomic mass is 10.0. The summed E-state index contributed by atoms with van der Waals surface area (Å²) in [5.74, 6) is 4.39. The molecule has 0 aliphatic carbocycles. The Morgan fingerprint density at radius 3 is 2.79 bits per heavy atom. The van der Waals surface area contributed by atoms with Gasteiger partial charge in [0.1, 0.15) is 0 Å². The summed E-state index contributed by atoms with van der Waals surface area (Å²) in [6.45, 7) is 1.40. The van der Waals surface area contributed by atoms with Crippen molar-refractivity contribution in [2.45, 2.75) is 11.8 Å². The number of amides is 1. The van der Waals surface area contributed by atoms with Gasteiger partial charge in [-0.3, -0.25) is 15.0 Å². The number of rotatable bonds is 4. The standard InChI is InChI=1S/C11H11N5O2S/c1-7(17)10-8(11(18)14-12)3-2-4-9(10)19-16-6-5-13-15-16/h2-6H,12H2,1H3,(H,14,18). The highest BCUT2D eigenvalue weighted by molar-refractivity contribution is 7.97. The van der Waals surface area contributed by atoms with Crippen molar-refractivity contribution in [3.05, 3.63) is 41.7 Å². The highest BCUT2D eigenvalue weighted by Crippen LogP contribution is 2.26. The first kappa shape index (κ1) is 13.2. The molecular formula is C11H11N5O2S. The molecule has 0 spiro atoms. The highest BCUT2D eigenvalue weighted by Gasteiger charge is 2.18. The number of nitrogens with zero attached hydrogens (tertiary/aromatic N) is 3. The van der Waals surface area contributed by atoms with Gasteiger partial charge in [0.2, 0.25) is 0 Å². The number of carbonyl (C=O) groups excluding carboxylic acids is 2. The van der Waals surface area contributed by atoms with Crippen LogP contribution in [0.25, 0.3) is 0 Å². The zero-order valence-corrected chi connectivity index (χ0v) is 10.8. The van der Waals surface area contributed by atoms with E-state index in [1.54, 1.807) is 24.4 Å². The Hall–Kier alpha value is -2.19. The van der Waals surface area contributed by atoms with E-state index in [0.717, 1.165) is 0 Å². The molecule has 0 atom stereocenters. The van der Waals surface area contributed by atoms with Gasteiger partial charge in [-0.2, -0.15) is 4.09 Å². The molecule has 1 aromatic carbocycles. The van der Waals surface area contributed by atoms with Crippen molar-refractivity contribution >= 4 is 23.6 Å². The number of nitrogens with one attached hydrogen (secondary N) is 1. The zero-order valence-electron chi connectivity index (χ0n) is 10.0. The van der Waals surface area contributed by atoms with Crippen LogP contribution in [0.5, 0.6) is 0 Å². The van der Waals surface area contributed by atoms with Gasteiger partial charge in [0.15, 0.2) is 5.78 Å². The van der Waals surface area contributed by atoms with Crippen molar-refractivity contribution in [1.29, 1.82) is 0 Å². The van der Waals surface area contributed by atoms with Gasteiger partial charge < -0.3 is 0 Å². The zero-order chi connectivity index (χ0) is 13.8. The van der Waals surface area contributed by atoms with E-state index >= 15 is 0 Å². The third kappa shape index (κ3) is 2.80. The minimum Gasteiger partial charge on any atom is -0.294 e. The minimum absolute atomic E-state index is 0.221. The number of carbonyl (C=O) groups is 2. The SMILES string of the molecule is CC(=O)c1c(Sn2ccnn2)cccc1C(=O)NN. The third-order valence-corrected chi connectivity index (χ3v) is 3.27. The average molecular weight is 277 g/mol. The molecule has 1 amide bonds. The lowest BCUT2D eigenvalue weighted by Gasteiger charge is -2.10. The van der Waals surface area contributed by atoms with Crippen LogP contribution in [0.2, 0.25) is 0 Å². The van der Waals surface area contributed by atoms with Crippen molar-refractivity contribution in [1.82, 2.24) is 19.8 Å². The summed E-state index contributed by atoms with van der Waals surface area (Å²) >= 11 is 1.19. The van der Waals surface area contributed by atoms with E-state index in [0.29, 0.717) is 10.5 Å². The number of Topliss-reactive ketones (excluding diaryl/α,β-unsaturated/α-hetero) is 1. The maximum atomic E-state index is 11.8. The van der Waals surface area contributed by atoms with E-state index in [1.165, 1.54) is 29.2 Å². The molecule has 0 aliphatic rings. The van der Waals surface area contributed by atoms with Gasteiger partial charge in [0, 0.05) is 22.4 Å². The first-order chi connectivity index (χ1) is 9.13. The van der Waals surface area contributed by atoms with Crippen LogP contribution < -0.4 is 11.3 Å². The van der Waals surface area contributed by atoms with Gasteiger partial charge >= 0.3 is 0 Å². The molecule has 7 nitrogen and oxygen atoms in total. The number of hydrogen-bond donors (Lipinski definition) is 2. The first-order valence-electron chi connectivity index (χ1n) is 5.33. The van der Waals surface area contributed by atoms with E-state index < -0.39 is 5.91 Å². The normalized spacial score (nSPS) is 10.2. The molecule has 2 rings (SSSR count). The van der Waals surface area contributed by atoms with Gasteiger partial charge in [0.25, 0.3) is 5.91 Å². The van der Waals surface area contributed by atoms with Crippen molar-refractivity contribution < 1.29 is 9.59 Å². The van der Waals surface area contributed by atoms with Crippen LogP contribution in [0.1, 0.15) is 27.6 Å². The molecule has 2 aromatic rings. The van der Waals surface area contributed by atoms with Crippen molar-refractivity contribution in [3.8, 4) is 0 Å². The Morgan fingerprint density at radius 2 is 2.21 bits per heavy atom. The van der Waals surface area contributed by atoms with E-state index in [2.05, 4.69) is 10.3 Å². The summed E-state index contributed by atoms with van der Waals surface area (Å²) in [7, 11) is 0. The van der Waals surface area contributed by atoms with Crippen molar-refractivity contribution in [2.24, 2.45) is 5.84 Å². The molecule has 0 radical (unpaired) electrons. The maximum Gasteiger partial charge on any atom is 0.265 e. The Kier molecular flexibility index (Phi) is 3.93.